The molecule has 0 radical (unpaired) electrons. The molecule has 0 N–H and O–H groups in total. The summed E-state index contributed by atoms with van der Waals surface area (Å²) >= 11 is 0. The van der Waals surface area contributed by atoms with Gasteiger partial charge in [0.1, 0.15) is 13.2 Å². The Morgan fingerprint density at radius 2 is 0.494 bits per heavy atom. The number of unbranched alkanes of at least 4 members (excludes halogenated alkanes) is 30. The van der Waals surface area contributed by atoms with Gasteiger partial charge >= 0.3 is 17.9 Å². The Kier molecular flexibility index (Phi) is 64.8. The van der Waals surface area contributed by atoms with Crippen LogP contribution in [0, 0.1) is 0 Å². The second-order valence-electron chi connectivity index (χ2n) is 22.3. The lowest BCUT2D eigenvalue weighted by Crippen LogP contribution is -2.30. The molecule has 0 spiro atoms. The van der Waals surface area contributed by atoms with Gasteiger partial charge in [0.2, 0.25) is 0 Å². The van der Waals surface area contributed by atoms with E-state index in [2.05, 4.69) is 142 Å². The largest absolute Gasteiger partial charge is 0.462 e. The number of hydrogen-bond donors (Lipinski definition) is 0. The Balaban J connectivity index is 4.29. The van der Waals surface area contributed by atoms with Gasteiger partial charge in [0, 0.05) is 19.3 Å². The van der Waals surface area contributed by atoms with Crippen LogP contribution in [-0.4, -0.2) is 37.2 Å². The molecule has 0 saturated carbocycles. The van der Waals surface area contributed by atoms with E-state index in [-0.39, 0.29) is 31.1 Å². The van der Waals surface area contributed by atoms with E-state index in [1.165, 1.54) is 141 Å². The predicted molar refractivity (Wildman–Crippen MR) is 353 cm³/mol. The molecule has 1 unspecified atom stereocenters. The van der Waals surface area contributed by atoms with E-state index in [4.69, 9.17) is 14.2 Å². The minimum atomic E-state index is -0.792. The van der Waals surface area contributed by atoms with E-state index >= 15 is 0 Å². The summed E-state index contributed by atoms with van der Waals surface area (Å²) in [7, 11) is 0. The van der Waals surface area contributed by atoms with Crippen LogP contribution in [0.4, 0.5) is 0 Å². The molecule has 0 aromatic heterocycles. The Morgan fingerprint density at radius 1 is 0.259 bits per heavy atom. The highest BCUT2D eigenvalue weighted by Gasteiger charge is 2.19. The van der Waals surface area contributed by atoms with E-state index in [1.807, 2.05) is 0 Å². The molecule has 0 bridgehead atoms. The maximum absolute atomic E-state index is 12.9. The summed E-state index contributed by atoms with van der Waals surface area (Å²) in [4.78, 5) is 38.4. The molecule has 0 aromatic carbocycles. The van der Waals surface area contributed by atoms with E-state index in [1.54, 1.807) is 0 Å². The molecule has 0 aliphatic heterocycles. The third kappa shape index (κ3) is 66.5. The second kappa shape index (κ2) is 68.3. The summed E-state index contributed by atoms with van der Waals surface area (Å²) in [6, 6.07) is 0. The number of allylic oxidation sites excluding steroid dienone is 20. The zero-order valence-corrected chi connectivity index (χ0v) is 53.0. The fourth-order valence-corrected chi connectivity index (χ4v) is 9.32. The highest BCUT2D eigenvalue weighted by molar-refractivity contribution is 5.71. The Morgan fingerprint density at radius 3 is 0.790 bits per heavy atom. The third-order valence-electron chi connectivity index (χ3n) is 14.4. The van der Waals surface area contributed by atoms with Crippen molar-refractivity contribution in [1.82, 2.24) is 0 Å². The van der Waals surface area contributed by atoms with Crippen molar-refractivity contribution in [3.8, 4) is 0 Å². The van der Waals surface area contributed by atoms with Crippen LogP contribution >= 0.6 is 0 Å². The lowest BCUT2D eigenvalue weighted by Gasteiger charge is -2.18. The average molecular weight is 1120 g/mol. The molecule has 0 aliphatic rings. The molecular formula is C75H126O6. The van der Waals surface area contributed by atoms with Crippen molar-refractivity contribution < 1.29 is 28.6 Å². The van der Waals surface area contributed by atoms with Crippen LogP contribution in [0.25, 0.3) is 0 Å². The average Bonchev–Trinajstić information content (AvgIpc) is 3.47. The number of carbonyl (C=O) groups excluding carboxylic acids is 3. The van der Waals surface area contributed by atoms with E-state index in [0.29, 0.717) is 19.3 Å². The summed E-state index contributed by atoms with van der Waals surface area (Å²) in [5, 5.41) is 0. The fraction of sp³-hybridized carbons (Fsp3) is 0.693. The Labute approximate surface area is 501 Å². The molecule has 0 heterocycles. The summed E-state index contributed by atoms with van der Waals surface area (Å²) < 4.78 is 16.9. The molecule has 1 atom stereocenters. The number of ether oxygens (including phenoxy) is 3. The van der Waals surface area contributed by atoms with Crippen molar-refractivity contribution in [1.29, 1.82) is 0 Å². The lowest BCUT2D eigenvalue weighted by atomic mass is 10.0. The number of hydrogen-bond acceptors (Lipinski definition) is 6. The van der Waals surface area contributed by atoms with Gasteiger partial charge in [-0.3, -0.25) is 14.4 Å². The number of rotatable bonds is 61. The van der Waals surface area contributed by atoms with Crippen LogP contribution in [0.2, 0.25) is 0 Å². The molecule has 81 heavy (non-hydrogen) atoms. The molecule has 0 aromatic rings. The van der Waals surface area contributed by atoms with Crippen LogP contribution in [0.15, 0.2) is 122 Å². The maximum atomic E-state index is 12.9. The smallest absolute Gasteiger partial charge is 0.306 e. The zero-order valence-electron chi connectivity index (χ0n) is 53.0. The fourth-order valence-electron chi connectivity index (χ4n) is 9.32. The van der Waals surface area contributed by atoms with Gasteiger partial charge in [0.15, 0.2) is 6.10 Å². The molecule has 0 fully saturated rings. The monoisotopic (exact) mass is 1120 g/mol. The van der Waals surface area contributed by atoms with Crippen LogP contribution in [-0.2, 0) is 28.6 Å². The van der Waals surface area contributed by atoms with Crippen molar-refractivity contribution >= 4 is 17.9 Å². The van der Waals surface area contributed by atoms with Gasteiger partial charge in [-0.05, 0) is 128 Å². The highest BCUT2D eigenvalue weighted by atomic mass is 16.6. The standard InChI is InChI=1S/C75H126O6/c1-4-7-10-13-16-19-22-25-28-30-32-33-34-35-36-37-38-39-40-41-42-43-44-46-47-50-53-56-59-62-65-68-74(77)80-71-72(70-79-73(76)67-64-61-58-55-52-49-27-24-21-18-15-12-9-6-3)81-75(78)69-66-63-60-57-54-51-48-45-31-29-26-23-20-17-14-11-8-5-2/h7,10,15-16,18-20,23-25,27-29,31-33,35-36,38-39,72H,4-6,8-9,11-14,17,21-22,26,30,34,37,40-71H2,1-3H3/b10-7-,18-15-,19-16-,23-20-,27-24-,28-25-,31-29-,33-32-,36-35-,39-38-. The van der Waals surface area contributed by atoms with Crippen LogP contribution in [0.3, 0.4) is 0 Å². The number of esters is 3. The number of carbonyl (C=O) groups is 3. The van der Waals surface area contributed by atoms with E-state index < -0.39 is 6.10 Å². The Bertz CT molecular complexity index is 1670. The first-order valence-electron chi connectivity index (χ1n) is 34.0. The quantitative estimate of drug-likeness (QED) is 0.0261. The maximum Gasteiger partial charge on any atom is 0.306 e. The summed E-state index contributed by atoms with van der Waals surface area (Å²) in [6.45, 7) is 6.47. The van der Waals surface area contributed by atoms with E-state index in [0.717, 1.165) is 135 Å². The van der Waals surface area contributed by atoms with Gasteiger partial charge in [0.05, 0.1) is 0 Å². The second-order valence-corrected chi connectivity index (χ2v) is 22.3. The first-order chi connectivity index (χ1) is 40.0. The van der Waals surface area contributed by atoms with Crippen LogP contribution < -0.4 is 0 Å². The SMILES string of the molecule is CC/C=C\C/C=C\C/C=C\C/C=C\C/C=C\C/C=C\CCCCCCCCCCCCCCC(=O)OCC(COC(=O)CCCCCCC/C=C\C/C=C\CCCC)OC(=O)CCCCCCCCC/C=C\C/C=C\CCCCCC. The molecule has 0 aliphatic carbocycles. The lowest BCUT2D eigenvalue weighted by molar-refractivity contribution is -0.167. The van der Waals surface area contributed by atoms with Gasteiger partial charge < -0.3 is 14.2 Å². The molecule has 462 valence electrons. The summed E-state index contributed by atoms with van der Waals surface area (Å²) in [6.07, 6.45) is 95.0. The van der Waals surface area contributed by atoms with E-state index in [9.17, 15) is 14.4 Å². The summed E-state index contributed by atoms with van der Waals surface area (Å²) in [5.41, 5.74) is 0. The minimum Gasteiger partial charge on any atom is -0.462 e. The van der Waals surface area contributed by atoms with Crippen molar-refractivity contribution in [2.45, 2.75) is 322 Å². The molecular weight excluding hydrogens is 997 g/mol. The normalized spacial score (nSPS) is 12.9. The van der Waals surface area contributed by atoms with Crippen LogP contribution in [0.1, 0.15) is 316 Å². The van der Waals surface area contributed by atoms with Crippen LogP contribution in [0.5, 0.6) is 0 Å². The van der Waals surface area contributed by atoms with Crippen molar-refractivity contribution in [2.24, 2.45) is 0 Å². The summed E-state index contributed by atoms with van der Waals surface area (Å²) in [5.74, 6) is -0.903. The Hall–Kier alpha value is -4.19. The van der Waals surface area contributed by atoms with Gasteiger partial charge in [0.25, 0.3) is 0 Å². The first kappa shape index (κ1) is 76.8. The van der Waals surface area contributed by atoms with Gasteiger partial charge in [-0.25, -0.2) is 0 Å². The molecule has 0 amide bonds. The van der Waals surface area contributed by atoms with Crippen molar-refractivity contribution in [3.63, 3.8) is 0 Å². The van der Waals surface area contributed by atoms with Crippen molar-refractivity contribution in [2.75, 3.05) is 13.2 Å². The molecule has 0 saturated heterocycles. The molecule has 0 rings (SSSR count). The highest BCUT2D eigenvalue weighted by Crippen LogP contribution is 2.16. The minimum absolute atomic E-state index is 0.0874. The van der Waals surface area contributed by atoms with Gasteiger partial charge in [-0.1, -0.05) is 290 Å². The first-order valence-corrected chi connectivity index (χ1v) is 34.0. The van der Waals surface area contributed by atoms with Gasteiger partial charge in [-0.15, -0.1) is 0 Å². The topological polar surface area (TPSA) is 78.9 Å². The third-order valence-corrected chi connectivity index (χ3v) is 14.4. The zero-order chi connectivity index (χ0) is 58.5. The molecule has 6 heteroatoms. The van der Waals surface area contributed by atoms with Crippen molar-refractivity contribution in [3.05, 3.63) is 122 Å². The predicted octanol–water partition coefficient (Wildman–Crippen LogP) is 23.6. The molecule has 6 nitrogen and oxygen atoms in total. The van der Waals surface area contributed by atoms with Gasteiger partial charge in [-0.2, -0.15) is 0 Å².